The summed E-state index contributed by atoms with van der Waals surface area (Å²) < 4.78 is 25.0. The summed E-state index contributed by atoms with van der Waals surface area (Å²) in [4.78, 5) is 0. The monoisotopic (exact) mass is 193 g/mol. The zero-order valence-electron chi connectivity index (χ0n) is 8.72. The van der Waals surface area contributed by atoms with Crippen molar-refractivity contribution < 1.29 is 8.42 Å². The Morgan fingerprint density at radius 3 is 1.33 bits per heavy atom. The van der Waals surface area contributed by atoms with E-state index >= 15 is 0 Å². The van der Waals surface area contributed by atoms with Crippen LogP contribution in [-0.2, 0) is 10.0 Å². The molecule has 12 heavy (non-hydrogen) atoms. The Kier molecular flexibility index (Phi) is 2.97. The van der Waals surface area contributed by atoms with Crippen LogP contribution in [0.5, 0.6) is 0 Å². The molecule has 0 unspecified atom stereocenters. The van der Waals surface area contributed by atoms with Gasteiger partial charge >= 0.3 is 0 Å². The minimum Gasteiger partial charge on any atom is -0.212 e. The van der Waals surface area contributed by atoms with Gasteiger partial charge in [-0.25, -0.2) is 13.1 Å². The van der Waals surface area contributed by atoms with Gasteiger partial charge in [0.15, 0.2) is 0 Å². The van der Waals surface area contributed by atoms with E-state index in [2.05, 4.69) is 4.72 Å². The van der Waals surface area contributed by atoms with E-state index in [1.54, 1.807) is 20.8 Å². The summed E-state index contributed by atoms with van der Waals surface area (Å²) in [5.74, 6) is 0. The van der Waals surface area contributed by atoms with Crippen molar-refractivity contribution >= 4 is 10.0 Å². The predicted molar refractivity (Wildman–Crippen MR) is 51.6 cm³/mol. The summed E-state index contributed by atoms with van der Waals surface area (Å²) in [5.41, 5.74) is -0.397. The molecule has 0 heterocycles. The Labute approximate surface area is 75.6 Å². The number of nitrogens with one attached hydrogen (secondary N) is 1. The predicted octanol–water partition coefficient (Wildman–Crippen LogP) is 1.50. The number of sulfonamides is 1. The van der Waals surface area contributed by atoms with Gasteiger partial charge in [0.05, 0.1) is 4.75 Å². The molecule has 0 aliphatic heterocycles. The summed E-state index contributed by atoms with van der Waals surface area (Å²) in [5, 5.41) is 0. The summed E-state index contributed by atoms with van der Waals surface area (Å²) in [6.45, 7) is 10.5. The van der Waals surface area contributed by atoms with Crippen LogP contribution in [0, 0.1) is 0 Å². The van der Waals surface area contributed by atoms with Crippen molar-refractivity contribution in [2.45, 2.75) is 51.8 Å². The topological polar surface area (TPSA) is 46.2 Å². The van der Waals surface area contributed by atoms with E-state index in [-0.39, 0.29) is 0 Å². The third-order valence-corrected chi connectivity index (χ3v) is 3.74. The molecule has 0 aromatic rings. The maximum atomic E-state index is 11.6. The van der Waals surface area contributed by atoms with Crippen LogP contribution < -0.4 is 4.72 Å². The van der Waals surface area contributed by atoms with Gasteiger partial charge in [0.25, 0.3) is 0 Å². The molecule has 0 bridgehead atoms. The first-order chi connectivity index (χ1) is 4.96. The van der Waals surface area contributed by atoms with Crippen LogP contribution in [0.25, 0.3) is 0 Å². The third-order valence-electron chi connectivity index (χ3n) is 1.25. The van der Waals surface area contributed by atoms with E-state index in [9.17, 15) is 8.42 Å². The van der Waals surface area contributed by atoms with Gasteiger partial charge < -0.3 is 0 Å². The Bertz CT molecular complexity index is 241. The molecule has 0 fully saturated rings. The molecule has 4 heteroatoms. The molecule has 0 aliphatic carbocycles. The lowest BCUT2D eigenvalue weighted by Gasteiger charge is -2.27. The molecule has 0 radical (unpaired) electrons. The normalized spacial score (nSPS) is 14.8. The summed E-state index contributed by atoms with van der Waals surface area (Å²) in [6, 6.07) is 0. The van der Waals surface area contributed by atoms with Gasteiger partial charge in [-0.3, -0.25) is 0 Å². The smallest absolute Gasteiger partial charge is 0.212 e. The highest BCUT2D eigenvalue weighted by Crippen LogP contribution is 2.16. The second-order valence-electron chi connectivity index (χ2n) is 4.97. The maximum Gasteiger partial charge on any atom is 0.217 e. The highest BCUT2D eigenvalue weighted by atomic mass is 32.2. The van der Waals surface area contributed by atoms with Gasteiger partial charge in [0.1, 0.15) is 0 Å². The fourth-order valence-electron chi connectivity index (χ4n) is 0.556. The molecule has 0 aliphatic rings. The SMILES string of the molecule is CC(C)(C)NS(=O)(=O)C(C)(C)C. The van der Waals surface area contributed by atoms with Gasteiger partial charge in [-0.2, -0.15) is 0 Å². The average Bonchev–Trinajstić information content (AvgIpc) is 1.52. The van der Waals surface area contributed by atoms with E-state index in [0.29, 0.717) is 0 Å². The zero-order chi connectivity index (χ0) is 10.2. The van der Waals surface area contributed by atoms with Crippen LogP contribution in [0.2, 0.25) is 0 Å². The van der Waals surface area contributed by atoms with Gasteiger partial charge in [-0.1, -0.05) is 0 Å². The van der Waals surface area contributed by atoms with Crippen LogP contribution in [-0.4, -0.2) is 18.7 Å². The first-order valence-corrected chi connectivity index (χ1v) is 5.47. The van der Waals surface area contributed by atoms with E-state index in [0.717, 1.165) is 0 Å². The van der Waals surface area contributed by atoms with Gasteiger partial charge in [0.2, 0.25) is 10.0 Å². The largest absolute Gasteiger partial charge is 0.217 e. The highest BCUT2D eigenvalue weighted by molar-refractivity contribution is 7.90. The highest BCUT2D eigenvalue weighted by Gasteiger charge is 2.32. The Morgan fingerprint density at radius 1 is 0.917 bits per heavy atom. The van der Waals surface area contributed by atoms with E-state index in [1.165, 1.54) is 0 Å². The number of hydrogen-bond acceptors (Lipinski definition) is 2. The average molecular weight is 193 g/mol. The molecular weight excluding hydrogens is 174 g/mol. The minimum atomic E-state index is -3.21. The van der Waals surface area contributed by atoms with E-state index < -0.39 is 20.3 Å². The minimum absolute atomic E-state index is 0.397. The fourth-order valence-corrected chi connectivity index (χ4v) is 1.67. The molecule has 0 spiro atoms. The second-order valence-corrected chi connectivity index (χ2v) is 7.40. The molecular formula is C8H19NO2S. The van der Waals surface area contributed by atoms with Crippen molar-refractivity contribution in [1.82, 2.24) is 4.72 Å². The molecule has 0 aromatic carbocycles. The van der Waals surface area contributed by atoms with Crippen molar-refractivity contribution in [3.63, 3.8) is 0 Å². The molecule has 0 aromatic heterocycles. The van der Waals surface area contributed by atoms with Crippen LogP contribution >= 0.6 is 0 Å². The van der Waals surface area contributed by atoms with E-state index in [4.69, 9.17) is 0 Å². The molecule has 0 amide bonds. The maximum absolute atomic E-state index is 11.6. The molecule has 0 atom stereocenters. The Morgan fingerprint density at radius 2 is 1.25 bits per heavy atom. The van der Waals surface area contributed by atoms with Crippen molar-refractivity contribution in [1.29, 1.82) is 0 Å². The lowest BCUT2D eigenvalue weighted by Crippen LogP contribution is -2.48. The number of hydrogen-bond donors (Lipinski definition) is 1. The quantitative estimate of drug-likeness (QED) is 0.686. The van der Waals surface area contributed by atoms with Crippen molar-refractivity contribution in [3.8, 4) is 0 Å². The molecule has 3 nitrogen and oxygen atoms in total. The molecule has 1 N–H and O–H groups in total. The lowest BCUT2D eigenvalue weighted by molar-refractivity contribution is 0.473. The first kappa shape index (κ1) is 11.9. The Hall–Kier alpha value is -0.0900. The molecule has 0 saturated carbocycles. The molecule has 74 valence electrons. The van der Waals surface area contributed by atoms with Crippen LogP contribution in [0.1, 0.15) is 41.5 Å². The van der Waals surface area contributed by atoms with Crippen LogP contribution in [0.4, 0.5) is 0 Å². The Balaban J connectivity index is 4.70. The standard InChI is InChI=1S/C8H19NO2S/c1-7(2,3)9-12(10,11)8(4,5)6/h9H,1-6H3. The van der Waals surface area contributed by atoms with Crippen molar-refractivity contribution in [3.05, 3.63) is 0 Å². The lowest BCUT2D eigenvalue weighted by atomic mass is 10.1. The summed E-state index contributed by atoms with van der Waals surface area (Å²) >= 11 is 0. The van der Waals surface area contributed by atoms with Gasteiger partial charge in [-0.15, -0.1) is 0 Å². The second kappa shape index (κ2) is 3.00. The van der Waals surface area contributed by atoms with Gasteiger partial charge in [-0.05, 0) is 41.5 Å². The van der Waals surface area contributed by atoms with Crippen LogP contribution in [0.3, 0.4) is 0 Å². The zero-order valence-corrected chi connectivity index (χ0v) is 9.54. The molecule has 0 saturated heterocycles. The van der Waals surface area contributed by atoms with Crippen molar-refractivity contribution in [2.24, 2.45) is 0 Å². The molecule has 0 rings (SSSR count). The first-order valence-electron chi connectivity index (χ1n) is 3.99. The van der Waals surface area contributed by atoms with Crippen LogP contribution in [0.15, 0.2) is 0 Å². The van der Waals surface area contributed by atoms with E-state index in [1.807, 2.05) is 20.8 Å². The fraction of sp³-hybridized carbons (Fsp3) is 1.00. The summed E-state index contributed by atoms with van der Waals surface area (Å²) in [6.07, 6.45) is 0. The van der Waals surface area contributed by atoms with Gasteiger partial charge in [0, 0.05) is 5.54 Å². The third kappa shape index (κ3) is 3.54. The van der Waals surface area contributed by atoms with Crippen molar-refractivity contribution in [2.75, 3.05) is 0 Å². The number of rotatable bonds is 1. The summed E-state index contributed by atoms with van der Waals surface area (Å²) in [7, 11) is -3.21.